The molecule has 0 spiro atoms. The molecule has 5 rings (SSSR count). The molecule has 216 valence electrons. The number of hydrogen-bond acceptors (Lipinski definition) is 7. The van der Waals surface area contributed by atoms with Crippen molar-refractivity contribution in [3.63, 3.8) is 0 Å². The van der Waals surface area contributed by atoms with Gasteiger partial charge in [0.1, 0.15) is 5.69 Å². The number of amides is 1. The van der Waals surface area contributed by atoms with Crippen LogP contribution in [0.3, 0.4) is 0 Å². The lowest BCUT2D eigenvalue weighted by atomic mass is 10.0. The van der Waals surface area contributed by atoms with Crippen molar-refractivity contribution in [2.45, 2.75) is 44.3 Å². The highest BCUT2D eigenvalue weighted by Gasteiger charge is 2.37. The number of nitrogens with one attached hydrogen (secondary N) is 1. The summed E-state index contributed by atoms with van der Waals surface area (Å²) in [6.45, 7) is 1.78. The zero-order valence-corrected chi connectivity index (χ0v) is 21.1. The van der Waals surface area contributed by atoms with Crippen molar-refractivity contribution in [1.29, 1.82) is 0 Å². The summed E-state index contributed by atoms with van der Waals surface area (Å²) in [5.41, 5.74) is -1.93. The standard InChI is InChI=1S/C26H22F6N6O3/c27-25(28,29)16-8-17(26(30,31)32)10-18(9-16)35-24-34-11-15-12-38(13-21(15)36-24)19-2-5-37(6-3-19)22(39)14-1-4-33-20(7-14)23(40)41/h1,4,7-11,19H,2-3,5-6,12-13H2,(H,40,41)(H,34,35,36). The van der Waals surface area contributed by atoms with E-state index in [4.69, 9.17) is 5.11 Å². The van der Waals surface area contributed by atoms with Crippen LogP contribution in [0.25, 0.3) is 0 Å². The van der Waals surface area contributed by atoms with E-state index in [0.717, 1.165) is 5.56 Å². The molecule has 15 heteroatoms. The first kappa shape index (κ1) is 28.3. The van der Waals surface area contributed by atoms with E-state index >= 15 is 0 Å². The van der Waals surface area contributed by atoms with Gasteiger partial charge >= 0.3 is 18.3 Å². The van der Waals surface area contributed by atoms with E-state index in [1.54, 1.807) is 4.90 Å². The van der Waals surface area contributed by atoms with Crippen LogP contribution in [-0.4, -0.2) is 60.9 Å². The van der Waals surface area contributed by atoms with Crippen LogP contribution in [0.4, 0.5) is 38.0 Å². The predicted octanol–water partition coefficient (Wildman–Crippen LogP) is 4.97. The van der Waals surface area contributed by atoms with Crippen molar-refractivity contribution in [3.05, 3.63) is 76.4 Å². The molecule has 0 aliphatic carbocycles. The Hall–Kier alpha value is -4.27. The summed E-state index contributed by atoms with van der Waals surface area (Å²) in [7, 11) is 0. The van der Waals surface area contributed by atoms with Crippen LogP contribution in [-0.2, 0) is 25.4 Å². The number of aromatic nitrogens is 3. The fourth-order valence-corrected chi connectivity index (χ4v) is 4.95. The number of rotatable bonds is 5. The number of benzene rings is 1. The number of carboxylic acids is 1. The highest BCUT2D eigenvalue weighted by molar-refractivity contribution is 5.96. The third-order valence-corrected chi connectivity index (χ3v) is 7.02. The Morgan fingerprint density at radius 3 is 2.20 bits per heavy atom. The average Bonchev–Trinajstić information content (AvgIpc) is 3.35. The molecular weight excluding hydrogens is 558 g/mol. The molecule has 0 bridgehead atoms. The van der Waals surface area contributed by atoms with Crippen LogP contribution in [0.15, 0.2) is 42.7 Å². The number of carboxylic acid groups (broad SMARTS) is 1. The Balaban J connectivity index is 1.23. The van der Waals surface area contributed by atoms with Crippen LogP contribution in [0.2, 0.25) is 0 Å². The summed E-state index contributed by atoms with van der Waals surface area (Å²) in [4.78, 5) is 39.9. The third-order valence-electron chi connectivity index (χ3n) is 7.02. The molecule has 1 amide bonds. The minimum atomic E-state index is -4.98. The molecule has 2 aromatic heterocycles. The number of likely N-dealkylation sites (tertiary alicyclic amines) is 1. The minimum absolute atomic E-state index is 0.0514. The number of carbonyl (C=O) groups excluding carboxylic acids is 1. The largest absolute Gasteiger partial charge is 0.477 e. The lowest BCUT2D eigenvalue weighted by Gasteiger charge is -2.36. The summed E-state index contributed by atoms with van der Waals surface area (Å²) < 4.78 is 79.2. The maximum absolute atomic E-state index is 13.2. The van der Waals surface area contributed by atoms with Gasteiger partial charge in [0, 0.05) is 61.4 Å². The smallest absolute Gasteiger partial charge is 0.416 e. The van der Waals surface area contributed by atoms with Gasteiger partial charge in [-0.05, 0) is 43.2 Å². The number of anilines is 2. The van der Waals surface area contributed by atoms with Crippen LogP contribution < -0.4 is 5.32 Å². The second-order valence-electron chi connectivity index (χ2n) is 9.75. The van der Waals surface area contributed by atoms with Gasteiger partial charge in [0.25, 0.3) is 5.91 Å². The van der Waals surface area contributed by atoms with E-state index in [9.17, 15) is 35.9 Å². The SMILES string of the molecule is O=C(O)c1cc(C(=O)N2CCC(N3Cc4cnc(Nc5cc(C(F)(F)F)cc(C(F)(F)F)c5)nc4C3)CC2)ccn1. The van der Waals surface area contributed by atoms with Crippen molar-refractivity contribution in [1.82, 2.24) is 24.8 Å². The number of halogens is 6. The zero-order valence-electron chi connectivity index (χ0n) is 21.1. The van der Waals surface area contributed by atoms with Gasteiger partial charge in [-0.3, -0.25) is 9.69 Å². The summed E-state index contributed by atoms with van der Waals surface area (Å²) in [5.74, 6) is -1.64. The lowest BCUT2D eigenvalue weighted by Crippen LogP contribution is -2.45. The second kappa shape index (κ2) is 10.6. The number of hydrogen-bond donors (Lipinski definition) is 2. The first-order valence-corrected chi connectivity index (χ1v) is 12.4. The van der Waals surface area contributed by atoms with Crippen molar-refractivity contribution >= 4 is 23.5 Å². The molecule has 1 saturated heterocycles. The van der Waals surface area contributed by atoms with Gasteiger partial charge < -0.3 is 15.3 Å². The molecule has 0 radical (unpaired) electrons. The highest BCUT2D eigenvalue weighted by Crippen LogP contribution is 2.38. The van der Waals surface area contributed by atoms with Crippen molar-refractivity contribution in [3.8, 4) is 0 Å². The minimum Gasteiger partial charge on any atom is -0.477 e. The van der Waals surface area contributed by atoms with Gasteiger partial charge in [0.15, 0.2) is 0 Å². The molecule has 9 nitrogen and oxygen atoms in total. The van der Waals surface area contributed by atoms with Crippen molar-refractivity contribution in [2.24, 2.45) is 0 Å². The Bertz CT molecular complexity index is 1460. The maximum Gasteiger partial charge on any atom is 0.416 e. The van der Waals surface area contributed by atoms with Crippen LogP contribution >= 0.6 is 0 Å². The van der Waals surface area contributed by atoms with E-state index in [1.165, 1.54) is 24.5 Å². The number of aromatic carboxylic acids is 1. The monoisotopic (exact) mass is 580 g/mol. The van der Waals surface area contributed by atoms with Gasteiger partial charge in [-0.15, -0.1) is 0 Å². The van der Waals surface area contributed by atoms with Crippen LogP contribution in [0.1, 0.15) is 56.1 Å². The first-order valence-electron chi connectivity index (χ1n) is 12.4. The highest BCUT2D eigenvalue weighted by atomic mass is 19.4. The van der Waals surface area contributed by atoms with Crippen molar-refractivity contribution < 1.29 is 41.0 Å². The molecule has 1 fully saturated rings. The van der Waals surface area contributed by atoms with E-state index in [0.29, 0.717) is 56.8 Å². The number of pyridine rings is 1. The van der Waals surface area contributed by atoms with Crippen LogP contribution in [0, 0.1) is 0 Å². The van der Waals surface area contributed by atoms with Gasteiger partial charge in [-0.2, -0.15) is 26.3 Å². The van der Waals surface area contributed by atoms with E-state index in [1.807, 2.05) is 0 Å². The molecule has 2 aliphatic rings. The normalized spacial score (nSPS) is 16.5. The molecule has 0 atom stereocenters. The van der Waals surface area contributed by atoms with Crippen LogP contribution in [0.5, 0.6) is 0 Å². The number of carbonyl (C=O) groups is 2. The molecule has 4 heterocycles. The number of piperidine rings is 1. The Morgan fingerprint density at radius 2 is 1.59 bits per heavy atom. The van der Waals surface area contributed by atoms with E-state index < -0.39 is 35.1 Å². The Kier molecular flexibility index (Phi) is 7.32. The molecule has 0 unspecified atom stereocenters. The average molecular weight is 580 g/mol. The predicted molar refractivity (Wildman–Crippen MR) is 131 cm³/mol. The van der Waals surface area contributed by atoms with Gasteiger partial charge in [-0.1, -0.05) is 0 Å². The third kappa shape index (κ3) is 6.24. The lowest BCUT2D eigenvalue weighted by molar-refractivity contribution is -0.143. The second-order valence-corrected chi connectivity index (χ2v) is 9.75. The Labute approximate surface area is 228 Å². The summed E-state index contributed by atoms with van der Waals surface area (Å²) in [6.07, 6.45) is -5.91. The molecule has 2 aliphatic heterocycles. The van der Waals surface area contributed by atoms with Crippen molar-refractivity contribution in [2.75, 3.05) is 18.4 Å². The topological polar surface area (TPSA) is 112 Å². The summed E-state index contributed by atoms with van der Waals surface area (Å²) in [5, 5.41) is 11.6. The summed E-state index contributed by atoms with van der Waals surface area (Å²) >= 11 is 0. The molecule has 1 aromatic carbocycles. The first-order chi connectivity index (χ1) is 19.3. The molecule has 2 N–H and O–H groups in total. The fourth-order valence-electron chi connectivity index (χ4n) is 4.95. The van der Waals surface area contributed by atoms with E-state index in [-0.39, 0.29) is 35.2 Å². The molecular formula is C26H22F6N6O3. The Morgan fingerprint density at radius 1 is 0.927 bits per heavy atom. The fraction of sp³-hybridized carbons (Fsp3) is 0.346. The number of alkyl halides is 6. The zero-order chi connectivity index (χ0) is 29.5. The number of fused-ring (bicyclic) bond motifs is 1. The van der Waals surface area contributed by atoms with Gasteiger partial charge in [0.05, 0.1) is 16.8 Å². The van der Waals surface area contributed by atoms with E-state index in [2.05, 4.69) is 25.2 Å². The maximum atomic E-state index is 13.2. The molecule has 3 aromatic rings. The number of nitrogens with zero attached hydrogens (tertiary/aromatic N) is 5. The quantitative estimate of drug-likeness (QED) is 0.407. The molecule has 0 saturated carbocycles. The van der Waals surface area contributed by atoms with Gasteiger partial charge in [0.2, 0.25) is 5.95 Å². The van der Waals surface area contributed by atoms with Gasteiger partial charge in [-0.25, -0.2) is 19.7 Å². The molecule has 41 heavy (non-hydrogen) atoms. The summed E-state index contributed by atoms with van der Waals surface area (Å²) in [6, 6.07) is 3.99.